The number of aryl methyl sites for hydroxylation is 1. The molecular formula is C28H21ClN2O3S. The Balaban J connectivity index is 1.61. The zero-order valence-corrected chi connectivity index (χ0v) is 20.4. The molecule has 0 unspecified atom stereocenters. The molecule has 2 amide bonds. The van der Waals surface area contributed by atoms with Crippen LogP contribution in [0.15, 0.2) is 101 Å². The Bertz CT molecular complexity index is 1500. The highest BCUT2D eigenvalue weighted by atomic mass is 35.5. The fourth-order valence-corrected chi connectivity index (χ4v) is 5.64. The summed E-state index contributed by atoms with van der Waals surface area (Å²) in [6.07, 6.45) is 0. The molecule has 0 bridgehead atoms. The van der Waals surface area contributed by atoms with Gasteiger partial charge >= 0.3 is 0 Å². The van der Waals surface area contributed by atoms with Gasteiger partial charge in [0.1, 0.15) is 0 Å². The zero-order valence-electron chi connectivity index (χ0n) is 18.8. The second kappa shape index (κ2) is 9.49. The molecule has 1 N–H and O–H groups in total. The Hall–Kier alpha value is -3.74. The monoisotopic (exact) mass is 500 g/mol. The first-order chi connectivity index (χ1) is 16.9. The molecule has 1 aliphatic heterocycles. The summed E-state index contributed by atoms with van der Waals surface area (Å²) in [6, 6.07) is 26.6. The van der Waals surface area contributed by atoms with E-state index in [1.807, 2.05) is 43.3 Å². The molecule has 1 atom stereocenters. The zero-order chi connectivity index (χ0) is 24.5. The lowest BCUT2D eigenvalue weighted by atomic mass is 10.1. The molecule has 0 spiro atoms. The van der Waals surface area contributed by atoms with Crippen LogP contribution in [-0.4, -0.2) is 16.0 Å². The van der Waals surface area contributed by atoms with Crippen LogP contribution < -0.4 is 10.2 Å². The Morgan fingerprint density at radius 3 is 2.49 bits per heavy atom. The van der Waals surface area contributed by atoms with Gasteiger partial charge in [0, 0.05) is 16.3 Å². The molecule has 4 aromatic rings. The summed E-state index contributed by atoms with van der Waals surface area (Å²) < 4.78 is 13.6. The van der Waals surface area contributed by atoms with E-state index in [1.165, 1.54) is 0 Å². The molecule has 4 aromatic carbocycles. The third-order valence-corrected chi connectivity index (χ3v) is 7.63. The van der Waals surface area contributed by atoms with Crippen molar-refractivity contribution in [2.45, 2.75) is 23.3 Å². The number of rotatable bonds is 4. The molecule has 0 aliphatic carbocycles. The third kappa shape index (κ3) is 4.50. The highest BCUT2D eigenvalue weighted by Crippen LogP contribution is 2.36. The van der Waals surface area contributed by atoms with Gasteiger partial charge in [-0.3, -0.25) is 9.59 Å². The molecule has 1 aliphatic rings. The second-order valence-corrected chi connectivity index (χ2v) is 10.1. The molecule has 174 valence electrons. The number of benzene rings is 4. The van der Waals surface area contributed by atoms with E-state index in [0.717, 1.165) is 11.1 Å². The number of amides is 2. The summed E-state index contributed by atoms with van der Waals surface area (Å²) in [5.41, 5.74) is 3.62. The highest BCUT2D eigenvalue weighted by Gasteiger charge is 2.31. The quantitative estimate of drug-likeness (QED) is 0.361. The van der Waals surface area contributed by atoms with Gasteiger partial charge in [-0.05, 0) is 66.6 Å². The average molecular weight is 501 g/mol. The fraction of sp³-hybridized carbons (Fsp3) is 0.0714. The lowest BCUT2D eigenvalue weighted by Gasteiger charge is -2.24. The van der Waals surface area contributed by atoms with Crippen LogP contribution in [0.3, 0.4) is 0 Å². The van der Waals surface area contributed by atoms with Crippen molar-refractivity contribution in [1.29, 1.82) is 0 Å². The Morgan fingerprint density at radius 1 is 0.914 bits per heavy atom. The number of fused-ring (bicyclic) bond motifs is 2. The van der Waals surface area contributed by atoms with E-state index < -0.39 is 10.8 Å². The van der Waals surface area contributed by atoms with Crippen LogP contribution in [0.1, 0.15) is 31.8 Å². The molecule has 0 saturated carbocycles. The highest BCUT2D eigenvalue weighted by molar-refractivity contribution is 7.85. The minimum atomic E-state index is -1.59. The van der Waals surface area contributed by atoms with Crippen molar-refractivity contribution in [1.82, 2.24) is 0 Å². The standard InChI is InChI=1S/C28H21ClN2O3S/c1-18-7-2-4-11-23(18)30-27(32)20-13-14-26-24(16-20)31(17-19-8-6-9-21(29)15-19)28(33)22-10-3-5-12-25(22)35(26)34/h2-16H,17H2,1H3,(H,30,32)/t35-/m1/s1. The molecule has 0 aromatic heterocycles. The number of carbonyl (C=O) groups is 2. The van der Waals surface area contributed by atoms with Crippen LogP contribution >= 0.6 is 11.6 Å². The Kier molecular flexibility index (Phi) is 6.24. The number of hydrogen-bond donors (Lipinski definition) is 1. The van der Waals surface area contributed by atoms with Gasteiger partial charge in [-0.25, -0.2) is 4.21 Å². The van der Waals surface area contributed by atoms with Gasteiger partial charge in [-0.1, -0.05) is 54.1 Å². The van der Waals surface area contributed by atoms with E-state index in [4.69, 9.17) is 11.6 Å². The smallest absolute Gasteiger partial charge is 0.259 e. The van der Waals surface area contributed by atoms with E-state index >= 15 is 0 Å². The Labute approximate surface area is 210 Å². The fourth-order valence-electron chi connectivity index (χ4n) is 4.09. The van der Waals surface area contributed by atoms with Crippen LogP contribution in [0.4, 0.5) is 11.4 Å². The SMILES string of the molecule is Cc1ccccc1NC(=O)c1ccc2c(c1)N(Cc1cccc(Cl)c1)C(=O)c1ccccc1[S@]2=O. The van der Waals surface area contributed by atoms with Gasteiger partial charge in [-0.15, -0.1) is 0 Å². The Morgan fingerprint density at radius 2 is 1.69 bits per heavy atom. The molecule has 5 nitrogen and oxygen atoms in total. The van der Waals surface area contributed by atoms with Crippen LogP contribution in [0.5, 0.6) is 0 Å². The first-order valence-corrected chi connectivity index (χ1v) is 12.5. The minimum absolute atomic E-state index is 0.209. The predicted octanol–water partition coefficient (Wildman–Crippen LogP) is 6.23. The van der Waals surface area contributed by atoms with Crippen molar-refractivity contribution in [3.63, 3.8) is 0 Å². The van der Waals surface area contributed by atoms with Gasteiger partial charge < -0.3 is 10.2 Å². The maximum atomic E-state index is 13.7. The second-order valence-electron chi connectivity index (χ2n) is 8.24. The first-order valence-electron chi connectivity index (χ1n) is 11.0. The van der Waals surface area contributed by atoms with Crippen LogP contribution in [-0.2, 0) is 17.3 Å². The van der Waals surface area contributed by atoms with E-state index in [-0.39, 0.29) is 18.4 Å². The van der Waals surface area contributed by atoms with Gasteiger partial charge in [0.05, 0.1) is 38.4 Å². The van der Waals surface area contributed by atoms with Crippen LogP contribution in [0.2, 0.25) is 5.02 Å². The number of anilines is 2. The molecule has 1 heterocycles. The van der Waals surface area contributed by atoms with E-state index in [1.54, 1.807) is 59.5 Å². The molecular weight excluding hydrogens is 480 g/mol. The van der Waals surface area contributed by atoms with Gasteiger partial charge in [0.15, 0.2) is 0 Å². The van der Waals surface area contributed by atoms with Crippen molar-refractivity contribution in [2.24, 2.45) is 0 Å². The minimum Gasteiger partial charge on any atom is -0.322 e. The summed E-state index contributed by atoms with van der Waals surface area (Å²) in [5, 5.41) is 3.48. The summed E-state index contributed by atoms with van der Waals surface area (Å²) in [7, 11) is -1.59. The van der Waals surface area contributed by atoms with Crippen molar-refractivity contribution < 1.29 is 13.8 Å². The maximum Gasteiger partial charge on any atom is 0.259 e. The summed E-state index contributed by atoms with van der Waals surface area (Å²) in [4.78, 5) is 29.3. The molecule has 0 saturated heterocycles. The predicted molar refractivity (Wildman–Crippen MR) is 139 cm³/mol. The maximum absolute atomic E-state index is 13.7. The molecule has 5 rings (SSSR count). The molecule has 7 heteroatoms. The number of para-hydroxylation sites is 1. The van der Waals surface area contributed by atoms with Crippen molar-refractivity contribution >= 4 is 45.6 Å². The van der Waals surface area contributed by atoms with Crippen LogP contribution in [0, 0.1) is 6.92 Å². The average Bonchev–Trinajstić information content (AvgIpc) is 2.95. The summed E-state index contributed by atoms with van der Waals surface area (Å²) in [5.74, 6) is -0.603. The van der Waals surface area contributed by atoms with Gasteiger partial charge in [-0.2, -0.15) is 0 Å². The number of nitrogens with zero attached hydrogens (tertiary/aromatic N) is 1. The van der Waals surface area contributed by atoms with E-state index in [9.17, 15) is 13.8 Å². The molecule has 35 heavy (non-hydrogen) atoms. The molecule has 0 fully saturated rings. The van der Waals surface area contributed by atoms with Crippen molar-refractivity contribution in [3.05, 3.63) is 118 Å². The number of nitrogens with one attached hydrogen (secondary N) is 1. The van der Waals surface area contributed by atoms with E-state index in [2.05, 4.69) is 5.32 Å². The van der Waals surface area contributed by atoms with Crippen molar-refractivity contribution in [2.75, 3.05) is 10.2 Å². The van der Waals surface area contributed by atoms with Crippen LogP contribution in [0.25, 0.3) is 0 Å². The topological polar surface area (TPSA) is 66.5 Å². The largest absolute Gasteiger partial charge is 0.322 e. The number of carbonyl (C=O) groups excluding carboxylic acids is 2. The van der Waals surface area contributed by atoms with E-state index in [0.29, 0.717) is 37.3 Å². The third-order valence-electron chi connectivity index (χ3n) is 5.90. The summed E-state index contributed by atoms with van der Waals surface area (Å²) >= 11 is 6.19. The van der Waals surface area contributed by atoms with Gasteiger partial charge in [0.25, 0.3) is 11.8 Å². The summed E-state index contributed by atoms with van der Waals surface area (Å²) in [6.45, 7) is 2.12. The molecule has 0 radical (unpaired) electrons. The number of hydrogen-bond acceptors (Lipinski definition) is 3. The number of halogens is 1. The first kappa shape index (κ1) is 23.0. The normalized spacial score (nSPS) is 14.6. The van der Waals surface area contributed by atoms with Crippen molar-refractivity contribution in [3.8, 4) is 0 Å². The lowest BCUT2D eigenvalue weighted by Crippen LogP contribution is -2.30. The van der Waals surface area contributed by atoms with Gasteiger partial charge in [0.2, 0.25) is 0 Å². The lowest BCUT2D eigenvalue weighted by molar-refractivity contribution is 0.0979.